The Hall–Kier alpha value is -0.0800. The average molecular weight is 158 g/mol. The predicted molar refractivity (Wildman–Crippen MR) is 44.0 cm³/mol. The van der Waals surface area contributed by atoms with Gasteiger partial charge in [-0.15, -0.1) is 0 Å². The van der Waals surface area contributed by atoms with E-state index in [2.05, 4.69) is 34.6 Å². The van der Waals surface area contributed by atoms with Crippen molar-refractivity contribution in [2.24, 2.45) is 11.3 Å². The maximum absolute atomic E-state index is 5.07. The highest BCUT2D eigenvalue weighted by atomic mass is 17.2. The van der Waals surface area contributed by atoms with Gasteiger partial charge in [0, 0.05) is 0 Å². The molecule has 1 heterocycles. The molecule has 2 nitrogen and oxygen atoms in total. The Bertz CT molecular complexity index is 140. The van der Waals surface area contributed by atoms with Crippen molar-refractivity contribution in [3.63, 3.8) is 0 Å². The summed E-state index contributed by atoms with van der Waals surface area (Å²) in [4.78, 5) is 9.95. The van der Waals surface area contributed by atoms with E-state index >= 15 is 0 Å². The fourth-order valence-corrected chi connectivity index (χ4v) is 1.28. The van der Waals surface area contributed by atoms with Gasteiger partial charge >= 0.3 is 0 Å². The van der Waals surface area contributed by atoms with Gasteiger partial charge in [0.1, 0.15) is 12.2 Å². The second-order valence-corrected chi connectivity index (χ2v) is 4.29. The molecular weight excluding hydrogens is 140 g/mol. The van der Waals surface area contributed by atoms with E-state index in [0.29, 0.717) is 5.92 Å². The average Bonchev–Trinajstić information content (AvgIpc) is 1.83. The van der Waals surface area contributed by atoms with E-state index in [0.717, 1.165) is 0 Å². The van der Waals surface area contributed by atoms with E-state index in [9.17, 15) is 0 Å². The molecule has 0 amide bonds. The van der Waals surface area contributed by atoms with Gasteiger partial charge in [0.2, 0.25) is 0 Å². The van der Waals surface area contributed by atoms with Crippen LogP contribution < -0.4 is 0 Å². The monoisotopic (exact) mass is 158 g/mol. The van der Waals surface area contributed by atoms with Crippen LogP contribution in [0.25, 0.3) is 0 Å². The Morgan fingerprint density at radius 3 is 1.82 bits per heavy atom. The zero-order valence-electron chi connectivity index (χ0n) is 8.05. The van der Waals surface area contributed by atoms with Crippen LogP contribution in [-0.2, 0) is 9.78 Å². The van der Waals surface area contributed by atoms with Crippen molar-refractivity contribution in [1.82, 2.24) is 0 Å². The maximum Gasteiger partial charge on any atom is 0.127 e. The first-order valence-electron chi connectivity index (χ1n) is 4.28. The van der Waals surface area contributed by atoms with E-state index in [1.165, 1.54) is 0 Å². The third-order valence-electron chi connectivity index (χ3n) is 2.96. The molecule has 0 radical (unpaired) electrons. The summed E-state index contributed by atoms with van der Waals surface area (Å²) in [5.74, 6) is 0.624. The van der Waals surface area contributed by atoms with Gasteiger partial charge in [0.05, 0.1) is 0 Å². The third kappa shape index (κ3) is 1.42. The van der Waals surface area contributed by atoms with E-state index in [1.54, 1.807) is 0 Å². The number of rotatable bonds is 2. The van der Waals surface area contributed by atoms with Crippen LogP contribution in [0.15, 0.2) is 0 Å². The minimum Gasteiger partial charge on any atom is -0.230 e. The minimum absolute atomic E-state index is 0.220. The molecule has 0 saturated carbocycles. The Morgan fingerprint density at radius 2 is 1.73 bits per heavy atom. The lowest BCUT2D eigenvalue weighted by molar-refractivity contribution is -0.481. The first kappa shape index (κ1) is 9.01. The van der Waals surface area contributed by atoms with Gasteiger partial charge in [-0.25, -0.2) is 9.78 Å². The molecule has 1 fully saturated rings. The summed E-state index contributed by atoms with van der Waals surface area (Å²) in [6.45, 7) is 10.9. The highest BCUT2D eigenvalue weighted by Crippen LogP contribution is 2.39. The quantitative estimate of drug-likeness (QED) is 0.574. The topological polar surface area (TPSA) is 18.5 Å². The fourth-order valence-electron chi connectivity index (χ4n) is 1.28. The molecule has 0 bridgehead atoms. The highest BCUT2D eigenvalue weighted by Gasteiger charge is 2.44. The van der Waals surface area contributed by atoms with Crippen LogP contribution >= 0.6 is 0 Å². The minimum atomic E-state index is 0.220. The first-order valence-corrected chi connectivity index (χ1v) is 4.28. The molecular formula is C9H18O2. The second-order valence-electron chi connectivity index (χ2n) is 4.29. The Labute approximate surface area is 68.8 Å². The molecule has 0 aromatic heterocycles. The molecule has 1 aliphatic rings. The summed E-state index contributed by atoms with van der Waals surface area (Å²) in [6.07, 6.45) is 0.523. The summed E-state index contributed by atoms with van der Waals surface area (Å²) in [6, 6.07) is 0. The summed E-state index contributed by atoms with van der Waals surface area (Å²) in [7, 11) is 0. The normalized spacial score (nSPS) is 32.2. The molecule has 1 aliphatic heterocycles. The molecule has 1 saturated heterocycles. The number of hydrogen-bond donors (Lipinski definition) is 0. The Balaban J connectivity index is 2.57. The SMILES string of the molecule is CC1OOC1C(C)(C)C(C)C. The summed E-state index contributed by atoms with van der Waals surface area (Å²) >= 11 is 0. The predicted octanol–water partition coefficient (Wildman–Crippen LogP) is 2.39. The highest BCUT2D eigenvalue weighted by molar-refractivity contribution is 4.87. The molecule has 0 aromatic rings. The number of hydrogen-bond acceptors (Lipinski definition) is 2. The van der Waals surface area contributed by atoms with E-state index in [4.69, 9.17) is 9.78 Å². The van der Waals surface area contributed by atoms with Gasteiger partial charge < -0.3 is 0 Å². The Morgan fingerprint density at radius 1 is 1.18 bits per heavy atom. The van der Waals surface area contributed by atoms with Crippen molar-refractivity contribution in [1.29, 1.82) is 0 Å². The molecule has 2 atom stereocenters. The lowest BCUT2D eigenvalue weighted by atomic mass is 9.74. The van der Waals surface area contributed by atoms with E-state index in [-0.39, 0.29) is 17.6 Å². The molecule has 0 spiro atoms. The maximum atomic E-state index is 5.07. The van der Waals surface area contributed by atoms with Gasteiger partial charge in [-0.1, -0.05) is 27.7 Å². The molecule has 66 valence electrons. The van der Waals surface area contributed by atoms with Gasteiger partial charge in [-0.2, -0.15) is 0 Å². The van der Waals surface area contributed by atoms with Crippen LogP contribution in [-0.4, -0.2) is 12.2 Å². The molecule has 0 aliphatic carbocycles. The molecule has 2 unspecified atom stereocenters. The van der Waals surface area contributed by atoms with Crippen molar-refractivity contribution < 1.29 is 9.78 Å². The van der Waals surface area contributed by atoms with Crippen LogP contribution in [0, 0.1) is 11.3 Å². The molecule has 0 aromatic carbocycles. The van der Waals surface area contributed by atoms with E-state index in [1.807, 2.05) is 0 Å². The molecule has 11 heavy (non-hydrogen) atoms. The smallest absolute Gasteiger partial charge is 0.127 e. The van der Waals surface area contributed by atoms with Gasteiger partial charge in [-0.05, 0) is 18.3 Å². The lowest BCUT2D eigenvalue weighted by Crippen LogP contribution is -2.52. The van der Waals surface area contributed by atoms with Crippen molar-refractivity contribution in [2.45, 2.75) is 46.8 Å². The van der Waals surface area contributed by atoms with Gasteiger partial charge in [0.15, 0.2) is 0 Å². The lowest BCUT2D eigenvalue weighted by Gasteiger charge is -2.45. The summed E-state index contributed by atoms with van der Waals surface area (Å²) in [5.41, 5.74) is 0.220. The van der Waals surface area contributed by atoms with Crippen LogP contribution in [0.3, 0.4) is 0 Å². The fraction of sp³-hybridized carbons (Fsp3) is 1.00. The van der Waals surface area contributed by atoms with Crippen molar-refractivity contribution in [3.8, 4) is 0 Å². The zero-order chi connectivity index (χ0) is 8.65. The van der Waals surface area contributed by atoms with Crippen molar-refractivity contribution >= 4 is 0 Å². The van der Waals surface area contributed by atoms with Gasteiger partial charge in [-0.3, -0.25) is 0 Å². The summed E-state index contributed by atoms with van der Waals surface area (Å²) < 4.78 is 0. The second kappa shape index (κ2) is 2.76. The molecule has 1 rings (SSSR count). The van der Waals surface area contributed by atoms with Crippen LogP contribution in [0.1, 0.15) is 34.6 Å². The van der Waals surface area contributed by atoms with Crippen molar-refractivity contribution in [2.75, 3.05) is 0 Å². The van der Waals surface area contributed by atoms with E-state index < -0.39 is 0 Å². The Kier molecular flexibility index (Phi) is 2.26. The van der Waals surface area contributed by atoms with Crippen LogP contribution in [0.2, 0.25) is 0 Å². The zero-order valence-corrected chi connectivity index (χ0v) is 8.05. The standard InChI is InChI=1S/C9H18O2/c1-6(2)9(4,5)8-7(3)10-11-8/h6-8H,1-5H3. The molecule has 0 N–H and O–H groups in total. The first-order chi connectivity index (χ1) is 4.96. The van der Waals surface area contributed by atoms with Crippen LogP contribution in [0.5, 0.6) is 0 Å². The summed E-state index contributed by atoms with van der Waals surface area (Å²) in [5, 5.41) is 0. The molecule has 2 heteroatoms. The van der Waals surface area contributed by atoms with Gasteiger partial charge in [0.25, 0.3) is 0 Å². The third-order valence-corrected chi connectivity index (χ3v) is 2.96. The largest absolute Gasteiger partial charge is 0.230 e. The van der Waals surface area contributed by atoms with Crippen molar-refractivity contribution in [3.05, 3.63) is 0 Å². The van der Waals surface area contributed by atoms with Crippen LogP contribution in [0.4, 0.5) is 0 Å².